The Morgan fingerprint density at radius 2 is 1.93 bits per heavy atom. The first kappa shape index (κ1) is 17.4. The lowest BCUT2D eigenvalue weighted by atomic mass is 9.97. The van der Waals surface area contributed by atoms with Crippen molar-refractivity contribution in [3.05, 3.63) is 76.5 Å². The van der Waals surface area contributed by atoms with E-state index in [4.69, 9.17) is 10.7 Å². The molecular formula is C23H23N3O. The lowest BCUT2D eigenvalue weighted by Crippen LogP contribution is -2.12. The second kappa shape index (κ2) is 7.33. The fourth-order valence-corrected chi connectivity index (χ4v) is 3.80. The number of hydrogen-bond donors (Lipinski definition) is 1. The van der Waals surface area contributed by atoms with Crippen molar-refractivity contribution in [3.63, 3.8) is 0 Å². The number of fused-ring (bicyclic) bond motifs is 2. The van der Waals surface area contributed by atoms with Crippen molar-refractivity contribution in [1.82, 2.24) is 9.88 Å². The van der Waals surface area contributed by atoms with E-state index >= 15 is 0 Å². The van der Waals surface area contributed by atoms with Crippen LogP contribution in [0.15, 0.2) is 48.5 Å². The van der Waals surface area contributed by atoms with E-state index in [0.717, 1.165) is 52.7 Å². The zero-order valence-corrected chi connectivity index (χ0v) is 15.5. The Bertz CT molecular complexity index is 1040. The van der Waals surface area contributed by atoms with Gasteiger partial charge in [0.05, 0.1) is 23.5 Å². The van der Waals surface area contributed by atoms with Gasteiger partial charge in [0.1, 0.15) is 0 Å². The highest BCUT2D eigenvalue weighted by Gasteiger charge is 2.28. The molecule has 4 heteroatoms. The maximum Gasteiger partial charge on any atom is 0.214 e. The molecule has 3 aromatic rings. The smallest absolute Gasteiger partial charge is 0.214 e. The molecule has 1 aromatic heterocycles. The topological polar surface area (TPSA) is 59.2 Å². The first-order chi connectivity index (χ1) is 13.2. The number of hydrogen-bond acceptors (Lipinski definition) is 3. The van der Waals surface area contributed by atoms with Crippen LogP contribution >= 0.6 is 0 Å². The minimum atomic E-state index is 0.564. The number of nitrogens with zero attached hydrogens (tertiary/aromatic N) is 2. The highest BCUT2D eigenvalue weighted by molar-refractivity contribution is 5.93. The van der Waals surface area contributed by atoms with E-state index in [0.29, 0.717) is 13.1 Å². The molecule has 0 spiro atoms. The van der Waals surface area contributed by atoms with Crippen LogP contribution in [-0.2, 0) is 17.8 Å². The predicted molar refractivity (Wildman–Crippen MR) is 110 cm³/mol. The summed E-state index contributed by atoms with van der Waals surface area (Å²) >= 11 is 0. The van der Waals surface area contributed by atoms with E-state index in [1.54, 1.807) is 4.90 Å². The number of nitrogens with two attached hydrogens (primary N) is 1. The molecule has 2 N–H and O–H groups in total. The minimum Gasteiger partial charge on any atom is -0.330 e. The molecule has 0 saturated carbocycles. The van der Waals surface area contributed by atoms with Crippen LogP contribution < -0.4 is 5.73 Å². The van der Waals surface area contributed by atoms with Gasteiger partial charge in [0.2, 0.25) is 6.41 Å². The molecule has 0 fully saturated rings. The minimum absolute atomic E-state index is 0.564. The summed E-state index contributed by atoms with van der Waals surface area (Å²) in [5.41, 5.74) is 13.2. The number of rotatable bonds is 5. The molecule has 2 aromatic carbocycles. The van der Waals surface area contributed by atoms with Crippen LogP contribution in [0.25, 0.3) is 22.7 Å². The zero-order valence-electron chi connectivity index (χ0n) is 15.5. The van der Waals surface area contributed by atoms with Gasteiger partial charge in [-0.15, -0.1) is 0 Å². The summed E-state index contributed by atoms with van der Waals surface area (Å²) in [6.07, 6.45) is 4.79. The van der Waals surface area contributed by atoms with Crippen LogP contribution in [0.3, 0.4) is 0 Å². The van der Waals surface area contributed by atoms with Crippen molar-refractivity contribution >= 4 is 29.1 Å². The maximum atomic E-state index is 11.8. The molecule has 136 valence electrons. The summed E-state index contributed by atoms with van der Waals surface area (Å²) in [5, 5.41) is 1.16. The van der Waals surface area contributed by atoms with Gasteiger partial charge < -0.3 is 10.6 Å². The molecule has 1 aliphatic rings. The highest BCUT2D eigenvalue weighted by atomic mass is 16.1. The first-order valence-corrected chi connectivity index (χ1v) is 9.33. The van der Waals surface area contributed by atoms with E-state index in [1.165, 1.54) is 11.1 Å². The van der Waals surface area contributed by atoms with E-state index in [-0.39, 0.29) is 0 Å². The Kier molecular flexibility index (Phi) is 4.73. The van der Waals surface area contributed by atoms with Gasteiger partial charge >= 0.3 is 0 Å². The lowest BCUT2D eigenvalue weighted by molar-refractivity contribution is -0.115. The molecule has 0 aliphatic carbocycles. The Balaban J connectivity index is 1.94. The summed E-state index contributed by atoms with van der Waals surface area (Å²) in [5.74, 6) is 0. The van der Waals surface area contributed by atoms with Crippen molar-refractivity contribution in [2.24, 2.45) is 5.73 Å². The third-order valence-electron chi connectivity index (χ3n) is 5.23. The van der Waals surface area contributed by atoms with Crippen LogP contribution in [0.1, 0.15) is 34.4 Å². The van der Waals surface area contributed by atoms with Gasteiger partial charge in [0, 0.05) is 10.9 Å². The van der Waals surface area contributed by atoms with E-state index in [1.807, 2.05) is 30.3 Å². The quantitative estimate of drug-likeness (QED) is 0.705. The molecule has 4 rings (SSSR count). The van der Waals surface area contributed by atoms with Crippen molar-refractivity contribution in [2.75, 3.05) is 6.54 Å². The molecule has 0 atom stereocenters. The number of carbonyl (C=O) groups excluding carboxylic acids is 1. The Morgan fingerprint density at radius 3 is 2.70 bits per heavy atom. The predicted octanol–water partition coefficient (Wildman–Crippen LogP) is 3.90. The number of pyridine rings is 1. The fraction of sp³-hybridized carbons (Fsp3) is 0.217. The number of benzene rings is 2. The average molecular weight is 357 g/mol. The third-order valence-corrected chi connectivity index (χ3v) is 5.23. The molecule has 0 unspecified atom stereocenters. The summed E-state index contributed by atoms with van der Waals surface area (Å²) in [4.78, 5) is 18.5. The van der Waals surface area contributed by atoms with Gasteiger partial charge in [-0.1, -0.05) is 42.5 Å². The van der Waals surface area contributed by atoms with Gasteiger partial charge in [-0.3, -0.25) is 4.79 Å². The molecule has 0 saturated heterocycles. The Labute approximate surface area is 159 Å². The number of carbonyl (C=O) groups is 1. The molecule has 4 nitrogen and oxygen atoms in total. The molecule has 1 amide bonds. The SMILES string of the molecule is Cc1ccccc1/C=C1/c2nc3ccccc3c(CCCN)c2CN1C=O. The second-order valence-corrected chi connectivity index (χ2v) is 6.95. The van der Waals surface area contributed by atoms with Crippen LogP contribution in [0, 0.1) is 6.92 Å². The summed E-state index contributed by atoms with van der Waals surface area (Å²) in [6, 6.07) is 16.4. The monoisotopic (exact) mass is 357 g/mol. The van der Waals surface area contributed by atoms with Crippen molar-refractivity contribution in [2.45, 2.75) is 26.3 Å². The molecule has 27 heavy (non-hydrogen) atoms. The van der Waals surface area contributed by atoms with Crippen molar-refractivity contribution in [1.29, 1.82) is 0 Å². The van der Waals surface area contributed by atoms with Gasteiger partial charge in [0.15, 0.2) is 0 Å². The summed E-state index contributed by atoms with van der Waals surface area (Å²) in [6.45, 7) is 3.29. The Hall–Kier alpha value is -2.98. The largest absolute Gasteiger partial charge is 0.330 e. The fourth-order valence-electron chi connectivity index (χ4n) is 3.80. The van der Waals surface area contributed by atoms with Gasteiger partial charge in [-0.2, -0.15) is 0 Å². The summed E-state index contributed by atoms with van der Waals surface area (Å²) < 4.78 is 0. The van der Waals surface area contributed by atoms with Crippen LogP contribution in [0.5, 0.6) is 0 Å². The highest BCUT2D eigenvalue weighted by Crippen LogP contribution is 2.37. The zero-order chi connectivity index (χ0) is 18.8. The first-order valence-electron chi connectivity index (χ1n) is 9.33. The molecule has 0 bridgehead atoms. The van der Waals surface area contributed by atoms with Gasteiger partial charge in [0.25, 0.3) is 0 Å². The van der Waals surface area contributed by atoms with E-state index in [2.05, 4.69) is 31.2 Å². The number of amides is 1. The summed E-state index contributed by atoms with van der Waals surface area (Å²) in [7, 11) is 0. The van der Waals surface area contributed by atoms with Crippen LogP contribution in [0.2, 0.25) is 0 Å². The number of para-hydroxylation sites is 1. The Morgan fingerprint density at radius 1 is 1.15 bits per heavy atom. The molecule has 1 aliphatic heterocycles. The maximum absolute atomic E-state index is 11.8. The van der Waals surface area contributed by atoms with Gasteiger partial charge in [-0.05, 0) is 55.1 Å². The van der Waals surface area contributed by atoms with E-state index < -0.39 is 0 Å². The standard InChI is InChI=1S/C23H23N3O/c1-16-7-2-3-8-17(16)13-22-23-20(14-26(22)15-27)18(10-6-12-24)19-9-4-5-11-21(19)25-23/h2-5,7-9,11,13,15H,6,10,12,14,24H2,1H3/b22-13-. The van der Waals surface area contributed by atoms with Crippen LogP contribution in [-0.4, -0.2) is 22.8 Å². The molecule has 2 heterocycles. The number of aromatic nitrogens is 1. The average Bonchev–Trinajstić information content (AvgIpc) is 3.04. The second-order valence-electron chi connectivity index (χ2n) is 6.95. The molecule has 0 radical (unpaired) electrons. The number of aryl methyl sites for hydroxylation is 2. The van der Waals surface area contributed by atoms with Gasteiger partial charge in [-0.25, -0.2) is 4.98 Å². The normalized spacial score (nSPS) is 14.7. The third kappa shape index (κ3) is 3.13. The lowest BCUT2D eigenvalue weighted by Gasteiger charge is -2.12. The van der Waals surface area contributed by atoms with Crippen molar-refractivity contribution in [3.8, 4) is 0 Å². The van der Waals surface area contributed by atoms with Crippen molar-refractivity contribution < 1.29 is 4.79 Å². The van der Waals surface area contributed by atoms with Crippen LogP contribution in [0.4, 0.5) is 0 Å². The van der Waals surface area contributed by atoms with E-state index in [9.17, 15) is 4.79 Å². The molecular weight excluding hydrogens is 334 g/mol.